The molecular formula is C26H24N4O7S. The first kappa shape index (κ1) is 25.5. The summed E-state index contributed by atoms with van der Waals surface area (Å²) in [4.78, 5) is 27.3. The molecule has 2 aromatic rings. The predicted octanol–water partition coefficient (Wildman–Crippen LogP) is 1.60. The minimum absolute atomic E-state index is 0.0263. The molecule has 1 spiro atoms. The van der Waals surface area contributed by atoms with Gasteiger partial charge in [-0.25, -0.2) is 13.2 Å². The number of nitrogens with zero attached hydrogens (tertiary/aromatic N) is 2. The molecular weight excluding hydrogens is 512 g/mol. The van der Waals surface area contributed by atoms with Gasteiger partial charge < -0.3 is 25.3 Å². The van der Waals surface area contributed by atoms with E-state index < -0.39 is 27.3 Å². The summed E-state index contributed by atoms with van der Waals surface area (Å²) < 4.78 is 44.7. The van der Waals surface area contributed by atoms with E-state index in [1.54, 1.807) is 37.3 Å². The highest BCUT2D eigenvalue weighted by Crippen LogP contribution is 2.54. The van der Waals surface area contributed by atoms with Crippen LogP contribution < -0.4 is 11.1 Å². The lowest BCUT2D eigenvalue weighted by Crippen LogP contribution is -2.46. The predicted molar refractivity (Wildman–Crippen MR) is 134 cm³/mol. The van der Waals surface area contributed by atoms with Crippen molar-refractivity contribution >= 4 is 33.3 Å². The van der Waals surface area contributed by atoms with Crippen LogP contribution in [-0.4, -0.2) is 57.5 Å². The molecule has 3 aliphatic heterocycles. The number of nitrogens with two attached hydrogens (primary N) is 1. The lowest BCUT2D eigenvalue weighted by atomic mass is 9.67. The number of amides is 1. The van der Waals surface area contributed by atoms with Crippen molar-refractivity contribution in [3.8, 4) is 6.07 Å². The van der Waals surface area contributed by atoms with E-state index in [0.29, 0.717) is 5.56 Å². The number of nitrogens with one attached hydrogen (secondary N) is 1. The van der Waals surface area contributed by atoms with Gasteiger partial charge in [-0.1, -0.05) is 30.3 Å². The van der Waals surface area contributed by atoms with Gasteiger partial charge in [-0.2, -0.15) is 9.57 Å². The molecule has 11 nitrogen and oxygen atoms in total. The molecule has 0 aliphatic carbocycles. The van der Waals surface area contributed by atoms with Crippen molar-refractivity contribution in [1.82, 2.24) is 4.31 Å². The highest BCUT2D eigenvalue weighted by atomic mass is 32.2. The van der Waals surface area contributed by atoms with E-state index in [2.05, 4.69) is 5.32 Å². The highest BCUT2D eigenvalue weighted by Gasteiger charge is 2.60. The van der Waals surface area contributed by atoms with Crippen LogP contribution in [0.3, 0.4) is 0 Å². The Hall–Kier alpha value is -4.18. The number of carbonyl (C=O) groups excluding carboxylic acids is 2. The standard InChI is InChI=1S/C26H24N4O7S/c1-2-36-24(31)21-22(16-6-4-3-5-7-16)37-23(28)19(15-27)26(21)18-14-17(8-9-20(18)29-25(26)32)38(33,34)30-10-12-35-13-11-30/h3-9,14H,2,10-13,28H2,1H3,(H,29,32). The number of fused-ring (bicyclic) bond motifs is 2. The summed E-state index contributed by atoms with van der Waals surface area (Å²) in [6, 6.07) is 14.5. The molecule has 1 atom stereocenters. The molecule has 0 bridgehead atoms. The maximum atomic E-state index is 13.9. The smallest absolute Gasteiger partial charge is 0.339 e. The number of ether oxygens (including phenoxy) is 3. The molecule has 0 aromatic heterocycles. The molecule has 0 radical (unpaired) electrons. The number of sulfonamides is 1. The van der Waals surface area contributed by atoms with E-state index in [0.717, 1.165) is 0 Å². The first-order valence-corrected chi connectivity index (χ1v) is 13.3. The lowest BCUT2D eigenvalue weighted by molar-refractivity contribution is -0.140. The van der Waals surface area contributed by atoms with Crippen molar-refractivity contribution in [2.75, 3.05) is 38.2 Å². The topological polar surface area (TPSA) is 161 Å². The normalized spacial score (nSPS) is 21.5. The van der Waals surface area contributed by atoms with E-state index >= 15 is 0 Å². The zero-order valence-corrected chi connectivity index (χ0v) is 21.2. The van der Waals surface area contributed by atoms with Gasteiger partial charge >= 0.3 is 5.97 Å². The van der Waals surface area contributed by atoms with Gasteiger partial charge in [-0.15, -0.1) is 0 Å². The summed E-state index contributed by atoms with van der Waals surface area (Å²) in [5, 5.41) is 12.9. The van der Waals surface area contributed by atoms with Gasteiger partial charge in [0.25, 0.3) is 0 Å². The van der Waals surface area contributed by atoms with Gasteiger partial charge in [-0.05, 0) is 25.1 Å². The first-order chi connectivity index (χ1) is 18.3. The van der Waals surface area contributed by atoms with Crippen molar-refractivity contribution in [2.45, 2.75) is 17.2 Å². The van der Waals surface area contributed by atoms with Crippen molar-refractivity contribution in [1.29, 1.82) is 5.26 Å². The second-order valence-corrected chi connectivity index (χ2v) is 10.6. The minimum atomic E-state index is -3.99. The fraction of sp³-hybridized carbons (Fsp3) is 0.269. The fourth-order valence-corrected chi connectivity index (χ4v) is 6.38. The van der Waals surface area contributed by atoms with Crippen LogP contribution in [0.2, 0.25) is 0 Å². The number of hydrogen-bond acceptors (Lipinski definition) is 9. The largest absolute Gasteiger partial charge is 0.462 e. The van der Waals surface area contributed by atoms with E-state index in [1.807, 2.05) is 6.07 Å². The molecule has 1 saturated heterocycles. The van der Waals surface area contributed by atoms with Crippen LogP contribution in [0.1, 0.15) is 18.1 Å². The maximum Gasteiger partial charge on any atom is 0.339 e. The number of nitriles is 1. The summed E-state index contributed by atoms with van der Waals surface area (Å²) in [7, 11) is -3.99. The van der Waals surface area contributed by atoms with E-state index in [1.165, 1.54) is 22.5 Å². The summed E-state index contributed by atoms with van der Waals surface area (Å²) in [5.41, 5.74) is 4.19. The number of benzene rings is 2. The van der Waals surface area contributed by atoms with Crippen molar-refractivity contribution in [3.63, 3.8) is 0 Å². The average Bonchev–Trinajstić information content (AvgIpc) is 3.20. The van der Waals surface area contributed by atoms with Gasteiger partial charge in [0.15, 0.2) is 5.41 Å². The molecule has 3 N–H and O–H groups in total. The summed E-state index contributed by atoms with van der Waals surface area (Å²) in [6.07, 6.45) is 0. The van der Waals surface area contributed by atoms with Gasteiger partial charge in [0, 0.05) is 29.9 Å². The average molecular weight is 537 g/mol. The van der Waals surface area contributed by atoms with Crippen molar-refractivity contribution in [3.05, 3.63) is 76.7 Å². The number of anilines is 1. The third-order valence-corrected chi connectivity index (χ3v) is 8.55. The van der Waals surface area contributed by atoms with Crippen LogP contribution in [-0.2, 0) is 39.2 Å². The van der Waals surface area contributed by atoms with Crippen LogP contribution in [0.25, 0.3) is 5.76 Å². The first-order valence-electron chi connectivity index (χ1n) is 11.9. The van der Waals surface area contributed by atoms with Crippen molar-refractivity contribution in [2.24, 2.45) is 5.73 Å². The zero-order chi connectivity index (χ0) is 27.1. The molecule has 1 fully saturated rings. The Morgan fingerprint density at radius 3 is 2.58 bits per heavy atom. The van der Waals surface area contributed by atoms with Crippen LogP contribution in [0, 0.1) is 11.3 Å². The molecule has 5 rings (SSSR count). The van der Waals surface area contributed by atoms with E-state index in [4.69, 9.17) is 19.9 Å². The lowest BCUT2D eigenvalue weighted by Gasteiger charge is -2.35. The Kier molecular flexibility index (Phi) is 6.44. The van der Waals surface area contributed by atoms with Crippen LogP contribution in [0.4, 0.5) is 5.69 Å². The molecule has 3 heterocycles. The minimum Gasteiger partial charge on any atom is -0.462 e. The van der Waals surface area contributed by atoms with E-state index in [-0.39, 0.29) is 71.8 Å². The Balaban J connectivity index is 1.82. The molecule has 196 valence electrons. The van der Waals surface area contributed by atoms with Gasteiger partial charge in [-0.3, -0.25) is 4.79 Å². The third-order valence-electron chi connectivity index (χ3n) is 6.65. The van der Waals surface area contributed by atoms with E-state index in [9.17, 15) is 23.3 Å². The molecule has 1 amide bonds. The number of morpholine rings is 1. The number of carbonyl (C=O) groups is 2. The molecule has 2 aromatic carbocycles. The Morgan fingerprint density at radius 2 is 1.92 bits per heavy atom. The summed E-state index contributed by atoms with van der Waals surface area (Å²) in [6.45, 7) is 2.40. The second-order valence-electron chi connectivity index (χ2n) is 8.67. The summed E-state index contributed by atoms with van der Waals surface area (Å²) >= 11 is 0. The third kappa shape index (κ3) is 3.75. The second kappa shape index (κ2) is 9.60. The Bertz CT molecular complexity index is 1540. The SMILES string of the molecule is CCOC(=O)C1=C(c2ccccc2)OC(N)=C(C#N)C12C(=O)Nc1ccc(S(=O)(=O)N3CCOCC3)cc12. The highest BCUT2D eigenvalue weighted by molar-refractivity contribution is 7.89. The Morgan fingerprint density at radius 1 is 1.21 bits per heavy atom. The molecule has 1 unspecified atom stereocenters. The van der Waals surface area contributed by atoms with Crippen molar-refractivity contribution < 1.29 is 32.2 Å². The van der Waals surface area contributed by atoms with Gasteiger partial charge in [0.05, 0.1) is 24.7 Å². The van der Waals surface area contributed by atoms with Gasteiger partial charge in [0.2, 0.25) is 21.8 Å². The number of rotatable bonds is 5. The van der Waals surface area contributed by atoms with Crippen LogP contribution >= 0.6 is 0 Å². The van der Waals surface area contributed by atoms with Gasteiger partial charge in [0.1, 0.15) is 23.0 Å². The maximum absolute atomic E-state index is 13.9. The number of esters is 1. The fourth-order valence-electron chi connectivity index (χ4n) is 4.95. The Labute approximate surface area is 219 Å². The number of hydrogen-bond donors (Lipinski definition) is 2. The summed E-state index contributed by atoms with van der Waals surface area (Å²) in [5.74, 6) is -2.11. The van der Waals surface area contributed by atoms with Crippen LogP contribution in [0.15, 0.2) is 70.5 Å². The zero-order valence-electron chi connectivity index (χ0n) is 20.4. The molecule has 3 aliphatic rings. The molecule has 12 heteroatoms. The molecule has 38 heavy (non-hydrogen) atoms. The van der Waals surface area contributed by atoms with Crippen LogP contribution in [0.5, 0.6) is 0 Å². The quantitative estimate of drug-likeness (QED) is 0.541. The monoisotopic (exact) mass is 536 g/mol. The molecule has 0 saturated carbocycles.